The van der Waals surface area contributed by atoms with Gasteiger partial charge in [0.2, 0.25) is 0 Å². The lowest BCUT2D eigenvalue weighted by molar-refractivity contribution is 0.407. The van der Waals surface area contributed by atoms with Crippen LogP contribution in [-0.4, -0.2) is 21.3 Å². The third kappa shape index (κ3) is 1.94. The van der Waals surface area contributed by atoms with Crippen LogP contribution in [-0.2, 0) is 6.54 Å². The molecule has 1 aliphatic heterocycles. The van der Waals surface area contributed by atoms with Gasteiger partial charge in [-0.15, -0.1) is 10.2 Å². The largest absolute Gasteiger partial charge is 0.308 e. The molecule has 0 bridgehead atoms. The highest BCUT2D eigenvalue weighted by molar-refractivity contribution is 5.95. The molecule has 0 saturated heterocycles. The summed E-state index contributed by atoms with van der Waals surface area (Å²) in [6, 6.07) is 15.1. The summed E-state index contributed by atoms with van der Waals surface area (Å²) in [6.07, 6.45) is 1.04. The monoisotopic (exact) mass is 278 g/mol. The molecule has 1 aliphatic rings. The summed E-state index contributed by atoms with van der Waals surface area (Å²) in [4.78, 5) is 0. The molecule has 2 aromatic carbocycles. The summed E-state index contributed by atoms with van der Waals surface area (Å²) < 4.78 is 2.27. The standard InChI is InChI=1S/C17H18N4/c1-2-15-17-20-19-16(21(17)11-10-18-15)14-9-5-7-12-6-3-4-8-13(12)14/h3-9,15,18H,2,10-11H2,1H3. The second-order valence-electron chi connectivity index (χ2n) is 5.48. The minimum atomic E-state index is 0.315. The van der Waals surface area contributed by atoms with E-state index in [4.69, 9.17) is 0 Å². The van der Waals surface area contributed by atoms with E-state index in [2.05, 4.69) is 69.5 Å². The van der Waals surface area contributed by atoms with Crippen LogP contribution in [0.4, 0.5) is 0 Å². The second-order valence-corrected chi connectivity index (χ2v) is 5.48. The first-order chi connectivity index (χ1) is 10.4. The van der Waals surface area contributed by atoms with Crippen LogP contribution in [0.2, 0.25) is 0 Å². The van der Waals surface area contributed by atoms with E-state index in [9.17, 15) is 0 Å². The highest BCUT2D eigenvalue weighted by Crippen LogP contribution is 2.30. The molecular weight excluding hydrogens is 260 g/mol. The highest BCUT2D eigenvalue weighted by atomic mass is 15.3. The zero-order chi connectivity index (χ0) is 14.2. The Morgan fingerprint density at radius 3 is 2.90 bits per heavy atom. The van der Waals surface area contributed by atoms with Gasteiger partial charge >= 0.3 is 0 Å². The molecular formula is C17H18N4. The Hall–Kier alpha value is -2.20. The first-order valence-corrected chi connectivity index (χ1v) is 7.53. The second kappa shape index (κ2) is 4.97. The van der Waals surface area contributed by atoms with E-state index >= 15 is 0 Å². The topological polar surface area (TPSA) is 42.7 Å². The van der Waals surface area contributed by atoms with Crippen molar-refractivity contribution in [1.82, 2.24) is 20.1 Å². The fourth-order valence-electron chi connectivity index (χ4n) is 3.18. The molecule has 1 N–H and O–H groups in total. The van der Waals surface area contributed by atoms with Crippen LogP contribution in [0.25, 0.3) is 22.2 Å². The van der Waals surface area contributed by atoms with Crippen molar-refractivity contribution < 1.29 is 0 Å². The summed E-state index contributed by atoms with van der Waals surface area (Å²) in [7, 11) is 0. The van der Waals surface area contributed by atoms with Crippen molar-refractivity contribution in [3.8, 4) is 11.4 Å². The SMILES string of the molecule is CCC1NCCn2c(-c3cccc4ccccc34)nnc21. The maximum Gasteiger partial charge on any atom is 0.164 e. The van der Waals surface area contributed by atoms with Crippen molar-refractivity contribution >= 4 is 10.8 Å². The predicted molar refractivity (Wildman–Crippen MR) is 84.0 cm³/mol. The van der Waals surface area contributed by atoms with Gasteiger partial charge in [-0.1, -0.05) is 49.4 Å². The Balaban J connectivity index is 1.92. The number of fused-ring (bicyclic) bond motifs is 2. The minimum Gasteiger partial charge on any atom is -0.308 e. The van der Waals surface area contributed by atoms with E-state index in [1.54, 1.807) is 0 Å². The van der Waals surface area contributed by atoms with Gasteiger partial charge in [0.05, 0.1) is 6.04 Å². The number of hydrogen-bond donors (Lipinski definition) is 1. The van der Waals surface area contributed by atoms with E-state index in [0.717, 1.165) is 31.2 Å². The van der Waals surface area contributed by atoms with Gasteiger partial charge in [0.25, 0.3) is 0 Å². The van der Waals surface area contributed by atoms with E-state index in [1.807, 2.05) is 0 Å². The van der Waals surface area contributed by atoms with E-state index in [0.29, 0.717) is 6.04 Å². The zero-order valence-corrected chi connectivity index (χ0v) is 12.1. The molecule has 4 heteroatoms. The number of hydrogen-bond acceptors (Lipinski definition) is 3. The van der Waals surface area contributed by atoms with Crippen molar-refractivity contribution in [2.24, 2.45) is 0 Å². The molecule has 106 valence electrons. The van der Waals surface area contributed by atoms with Gasteiger partial charge in [0.1, 0.15) is 0 Å². The van der Waals surface area contributed by atoms with Crippen LogP contribution in [0.15, 0.2) is 42.5 Å². The molecule has 1 aromatic heterocycles. The van der Waals surface area contributed by atoms with Crippen LogP contribution in [0.3, 0.4) is 0 Å². The van der Waals surface area contributed by atoms with E-state index < -0.39 is 0 Å². The maximum atomic E-state index is 4.49. The molecule has 0 spiro atoms. The van der Waals surface area contributed by atoms with Crippen molar-refractivity contribution in [3.05, 3.63) is 48.3 Å². The molecule has 0 fully saturated rings. The Kier molecular flexibility index (Phi) is 2.97. The third-order valence-corrected chi connectivity index (χ3v) is 4.26. The molecule has 0 radical (unpaired) electrons. The number of rotatable bonds is 2. The van der Waals surface area contributed by atoms with Gasteiger partial charge in [0, 0.05) is 18.7 Å². The average Bonchev–Trinajstić information content (AvgIpc) is 2.98. The normalized spacial score (nSPS) is 17.9. The van der Waals surface area contributed by atoms with Gasteiger partial charge in [-0.2, -0.15) is 0 Å². The summed E-state index contributed by atoms with van der Waals surface area (Å²) in [5.41, 5.74) is 1.17. The fourth-order valence-corrected chi connectivity index (χ4v) is 3.18. The summed E-state index contributed by atoms with van der Waals surface area (Å²) in [5.74, 6) is 2.05. The third-order valence-electron chi connectivity index (χ3n) is 4.26. The van der Waals surface area contributed by atoms with Gasteiger partial charge in [-0.05, 0) is 17.2 Å². The predicted octanol–water partition coefficient (Wildman–Crippen LogP) is 3.15. The van der Waals surface area contributed by atoms with Gasteiger partial charge in [-0.25, -0.2) is 0 Å². The molecule has 0 amide bonds. The summed E-state index contributed by atoms with van der Waals surface area (Å²) in [5, 5.41) is 14.9. The maximum absolute atomic E-state index is 4.49. The van der Waals surface area contributed by atoms with Crippen LogP contribution in [0.1, 0.15) is 25.2 Å². The Morgan fingerprint density at radius 2 is 2.00 bits per heavy atom. The van der Waals surface area contributed by atoms with Gasteiger partial charge in [0.15, 0.2) is 11.6 Å². The first kappa shape index (κ1) is 12.5. The van der Waals surface area contributed by atoms with E-state index in [1.165, 1.54) is 16.3 Å². The van der Waals surface area contributed by atoms with Gasteiger partial charge < -0.3 is 9.88 Å². The van der Waals surface area contributed by atoms with E-state index in [-0.39, 0.29) is 0 Å². The van der Waals surface area contributed by atoms with Crippen LogP contribution in [0, 0.1) is 0 Å². The number of aromatic nitrogens is 3. The lowest BCUT2D eigenvalue weighted by Crippen LogP contribution is -2.33. The first-order valence-electron chi connectivity index (χ1n) is 7.53. The number of benzene rings is 2. The summed E-state index contributed by atoms with van der Waals surface area (Å²) >= 11 is 0. The molecule has 3 aromatic rings. The molecule has 4 nitrogen and oxygen atoms in total. The highest BCUT2D eigenvalue weighted by Gasteiger charge is 2.24. The Labute approximate surface area is 123 Å². The Morgan fingerprint density at radius 1 is 1.14 bits per heavy atom. The van der Waals surface area contributed by atoms with Crippen LogP contribution in [0.5, 0.6) is 0 Å². The molecule has 4 rings (SSSR count). The van der Waals surface area contributed by atoms with Crippen molar-refractivity contribution in [2.75, 3.05) is 6.54 Å². The van der Waals surface area contributed by atoms with Gasteiger partial charge in [-0.3, -0.25) is 0 Å². The molecule has 2 heterocycles. The lowest BCUT2D eigenvalue weighted by atomic mass is 10.0. The smallest absolute Gasteiger partial charge is 0.164 e. The molecule has 0 aliphatic carbocycles. The lowest BCUT2D eigenvalue weighted by Gasteiger charge is -2.24. The number of nitrogens with one attached hydrogen (secondary N) is 1. The fraction of sp³-hybridized carbons (Fsp3) is 0.294. The molecule has 21 heavy (non-hydrogen) atoms. The quantitative estimate of drug-likeness (QED) is 0.783. The summed E-state index contributed by atoms with van der Waals surface area (Å²) in [6.45, 7) is 4.08. The average molecular weight is 278 g/mol. The van der Waals surface area contributed by atoms with Crippen molar-refractivity contribution in [3.63, 3.8) is 0 Å². The molecule has 0 saturated carbocycles. The minimum absolute atomic E-state index is 0.315. The number of nitrogens with zero attached hydrogens (tertiary/aromatic N) is 3. The van der Waals surface area contributed by atoms with Crippen molar-refractivity contribution in [2.45, 2.75) is 25.9 Å². The zero-order valence-electron chi connectivity index (χ0n) is 12.1. The Bertz CT molecular complexity index is 785. The van der Waals surface area contributed by atoms with Crippen LogP contribution < -0.4 is 5.32 Å². The van der Waals surface area contributed by atoms with Crippen LogP contribution >= 0.6 is 0 Å². The molecule has 1 atom stereocenters. The molecule has 1 unspecified atom stereocenters. The van der Waals surface area contributed by atoms with Crippen molar-refractivity contribution in [1.29, 1.82) is 0 Å².